The molecule has 8 nitrogen and oxygen atoms in total. The van der Waals surface area contributed by atoms with E-state index in [0.29, 0.717) is 0 Å². The average Bonchev–Trinajstić information content (AvgIpc) is 2.51. The van der Waals surface area contributed by atoms with Crippen LogP contribution in [0, 0.1) is 11.3 Å². The SMILES string of the molecule is N=C1C(=O)C(Cl)=C2Oc3c(Cl)ccc(C(=O)O)c3N=C2C1C(=O)O. The molecule has 10 heteroatoms. The smallest absolute Gasteiger partial charge is 0.338 e. The fourth-order valence-corrected chi connectivity index (χ4v) is 2.76. The highest BCUT2D eigenvalue weighted by molar-refractivity contribution is 6.65. The lowest BCUT2D eigenvalue weighted by Crippen LogP contribution is -2.43. The van der Waals surface area contributed by atoms with Gasteiger partial charge in [0.25, 0.3) is 0 Å². The number of benzene rings is 1. The van der Waals surface area contributed by atoms with Crippen molar-refractivity contribution >= 4 is 58.0 Å². The Hall–Kier alpha value is -2.71. The van der Waals surface area contributed by atoms with E-state index >= 15 is 0 Å². The third-order valence-corrected chi connectivity index (χ3v) is 4.08. The number of carbonyl (C=O) groups is 3. The van der Waals surface area contributed by atoms with Crippen LogP contribution in [0.3, 0.4) is 0 Å². The highest BCUT2D eigenvalue weighted by Crippen LogP contribution is 2.45. The summed E-state index contributed by atoms with van der Waals surface area (Å²) in [5.74, 6) is -6.07. The zero-order valence-electron chi connectivity index (χ0n) is 11.5. The van der Waals surface area contributed by atoms with Crippen molar-refractivity contribution in [3.8, 4) is 5.75 Å². The van der Waals surface area contributed by atoms with E-state index in [-0.39, 0.29) is 33.5 Å². The number of rotatable bonds is 2. The number of carboxylic acid groups (broad SMARTS) is 2. The lowest BCUT2D eigenvalue weighted by Gasteiger charge is -2.28. The van der Waals surface area contributed by atoms with Crippen LogP contribution >= 0.6 is 23.2 Å². The van der Waals surface area contributed by atoms with Crippen molar-refractivity contribution in [1.29, 1.82) is 5.41 Å². The van der Waals surface area contributed by atoms with Gasteiger partial charge in [0, 0.05) is 0 Å². The Labute approximate surface area is 143 Å². The number of hydrogen-bond acceptors (Lipinski definition) is 6. The number of carbonyl (C=O) groups excluding carboxylic acids is 1. The van der Waals surface area contributed by atoms with Crippen LogP contribution in [0.15, 0.2) is 27.9 Å². The van der Waals surface area contributed by atoms with Crippen LogP contribution in [0.25, 0.3) is 0 Å². The molecule has 122 valence electrons. The molecule has 0 saturated carbocycles. The highest BCUT2D eigenvalue weighted by atomic mass is 35.5. The molecule has 3 N–H and O–H groups in total. The maximum absolute atomic E-state index is 11.9. The minimum atomic E-state index is -1.72. The first kappa shape index (κ1) is 16.2. The first-order valence-electron chi connectivity index (χ1n) is 6.32. The summed E-state index contributed by atoms with van der Waals surface area (Å²) >= 11 is 11.8. The number of hydrogen-bond donors (Lipinski definition) is 3. The van der Waals surface area contributed by atoms with Gasteiger partial charge >= 0.3 is 11.9 Å². The summed E-state index contributed by atoms with van der Waals surface area (Å²) < 4.78 is 5.41. The monoisotopic (exact) mass is 368 g/mol. The minimum absolute atomic E-state index is 0.00902. The van der Waals surface area contributed by atoms with E-state index in [2.05, 4.69) is 4.99 Å². The van der Waals surface area contributed by atoms with Gasteiger partial charge in [-0.2, -0.15) is 0 Å². The molecule has 1 aliphatic carbocycles. The largest absolute Gasteiger partial charge is 0.480 e. The van der Waals surface area contributed by atoms with Crippen molar-refractivity contribution in [1.82, 2.24) is 0 Å². The fraction of sp³-hybridized carbons (Fsp3) is 0.0714. The fourth-order valence-electron chi connectivity index (χ4n) is 2.34. The lowest BCUT2D eigenvalue weighted by atomic mass is 9.87. The molecule has 0 spiro atoms. The standard InChI is InChI=1S/C14H6Cl2N2O6/c15-4-2-1-3(13(20)21)8-11(4)24-12-6(16)10(19)7(17)5(14(22)23)9(12)18-8/h1-2,5,17H,(H,20,21)(H,22,23). The molecular weight excluding hydrogens is 363 g/mol. The van der Waals surface area contributed by atoms with Crippen LogP contribution < -0.4 is 4.74 Å². The Balaban J connectivity index is 2.35. The van der Waals surface area contributed by atoms with E-state index in [1.807, 2.05) is 0 Å². The molecule has 1 aromatic carbocycles. The lowest BCUT2D eigenvalue weighted by molar-refractivity contribution is -0.138. The van der Waals surface area contributed by atoms with E-state index in [4.69, 9.17) is 33.3 Å². The molecule has 3 rings (SSSR count). The third-order valence-electron chi connectivity index (χ3n) is 3.44. The van der Waals surface area contributed by atoms with Gasteiger partial charge in [-0.25, -0.2) is 9.79 Å². The summed E-state index contributed by atoms with van der Waals surface area (Å²) in [6.07, 6.45) is 0. The van der Waals surface area contributed by atoms with Gasteiger partial charge < -0.3 is 14.9 Å². The predicted octanol–water partition coefficient (Wildman–Crippen LogP) is 2.26. The number of nitrogens with one attached hydrogen (secondary N) is 1. The molecule has 0 fully saturated rings. The molecule has 1 aliphatic heterocycles. The quantitative estimate of drug-likeness (QED) is 0.731. The molecule has 0 aromatic heterocycles. The van der Waals surface area contributed by atoms with Crippen molar-refractivity contribution in [2.75, 3.05) is 0 Å². The van der Waals surface area contributed by atoms with Crippen LogP contribution in [0.4, 0.5) is 5.69 Å². The van der Waals surface area contributed by atoms with E-state index in [1.165, 1.54) is 12.1 Å². The van der Waals surface area contributed by atoms with Crippen LogP contribution in [-0.2, 0) is 9.59 Å². The van der Waals surface area contributed by atoms with Crippen LogP contribution in [0.2, 0.25) is 5.02 Å². The van der Waals surface area contributed by atoms with Gasteiger partial charge in [-0.15, -0.1) is 0 Å². The Morgan fingerprint density at radius 3 is 2.50 bits per heavy atom. The van der Waals surface area contributed by atoms with Gasteiger partial charge in [0.1, 0.15) is 28.1 Å². The van der Waals surface area contributed by atoms with Crippen LogP contribution in [0.1, 0.15) is 10.4 Å². The van der Waals surface area contributed by atoms with Gasteiger partial charge in [0.05, 0.1) is 10.6 Å². The highest BCUT2D eigenvalue weighted by Gasteiger charge is 2.45. The molecule has 24 heavy (non-hydrogen) atoms. The van der Waals surface area contributed by atoms with Gasteiger partial charge in [0.15, 0.2) is 11.5 Å². The number of aromatic carboxylic acids is 1. The summed E-state index contributed by atoms with van der Waals surface area (Å²) in [5.41, 5.74) is -1.59. The Morgan fingerprint density at radius 1 is 1.25 bits per heavy atom. The van der Waals surface area contributed by atoms with Gasteiger partial charge in [-0.05, 0) is 12.1 Å². The normalized spacial score (nSPS) is 19.2. The number of allylic oxidation sites excluding steroid dienone is 2. The van der Waals surface area contributed by atoms with Crippen molar-refractivity contribution in [3.05, 3.63) is 33.5 Å². The number of carboxylic acids is 2. The number of ether oxygens (including phenoxy) is 1. The second-order valence-corrected chi connectivity index (χ2v) is 5.62. The van der Waals surface area contributed by atoms with Crippen molar-refractivity contribution in [2.24, 2.45) is 10.9 Å². The van der Waals surface area contributed by atoms with Crippen molar-refractivity contribution in [3.63, 3.8) is 0 Å². The number of nitrogens with zero attached hydrogens (tertiary/aromatic N) is 1. The van der Waals surface area contributed by atoms with Gasteiger partial charge in [-0.3, -0.25) is 15.0 Å². The summed E-state index contributed by atoms with van der Waals surface area (Å²) in [7, 11) is 0. The van der Waals surface area contributed by atoms with E-state index < -0.39 is 34.4 Å². The summed E-state index contributed by atoms with van der Waals surface area (Å²) in [6.45, 7) is 0. The molecule has 1 unspecified atom stereocenters. The molecule has 1 atom stereocenters. The molecule has 1 heterocycles. The molecular formula is C14H6Cl2N2O6. The Kier molecular flexibility index (Phi) is 3.66. The van der Waals surface area contributed by atoms with Crippen molar-refractivity contribution < 1.29 is 29.3 Å². The maximum Gasteiger partial charge on any atom is 0.338 e. The maximum atomic E-state index is 11.9. The Bertz CT molecular complexity index is 918. The number of halogens is 2. The predicted molar refractivity (Wildman–Crippen MR) is 82.9 cm³/mol. The summed E-state index contributed by atoms with van der Waals surface area (Å²) in [6, 6.07) is 2.45. The number of aliphatic imine (C=N–C) groups is 1. The molecule has 0 amide bonds. The topological polar surface area (TPSA) is 137 Å². The Morgan fingerprint density at radius 2 is 1.92 bits per heavy atom. The van der Waals surface area contributed by atoms with Gasteiger partial charge in [0.2, 0.25) is 5.78 Å². The van der Waals surface area contributed by atoms with E-state index in [1.54, 1.807) is 0 Å². The van der Waals surface area contributed by atoms with Crippen LogP contribution in [-0.4, -0.2) is 39.4 Å². The molecule has 0 bridgehead atoms. The second-order valence-electron chi connectivity index (χ2n) is 4.83. The molecule has 0 saturated heterocycles. The van der Waals surface area contributed by atoms with E-state index in [9.17, 15) is 24.6 Å². The van der Waals surface area contributed by atoms with E-state index in [0.717, 1.165) is 0 Å². The molecule has 2 aliphatic rings. The van der Waals surface area contributed by atoms with Gasteiger partial charge in [-0.1, -0.05) is 23.2 Å². The third kappa shape index (κ3) is 2.19. The first-order valence-corrected chi connectivity index (χ1v) is 7.08. The zero-order chi connectivity index (χ0) is 17.8. The number of ketones is 1. The minimum Gasteiger partial charge on any atom is -0.480 e. The first-order chi connectivity index (χ1) is 11.2. The second kappa shape index (κ2) is 5.43. The molecule has 0 radical (unpaired) electrons. The number of Topliss-reactive ketones (excluding diaryl/α,β-unsaturated/α-hetero) is 1. The zero-order valence-corrected chi connectivity index (χ0v) is 13.0. The van der Waals surface area contributed by atoms with Crippen LogP contribution in [0.5, 0.6) is 5.75 Å². The number of fused-ring (bicyclic) bond motifs is 2. The number of aliphatic carboxylic acids is 1. The summed E-state index contributed by atoms with van der Waals surface area (Å²) in [5, 5.41) is 25.7. The molecule has 1 aromatic rings. The average molecular weight is 369 g/mol. The summed E-state index contributed by atoms with van der Waals surface area (Å²) in [4.78, 5) is 38.7. The van der Waals surface area contributed by atoms with Crippen molar-refractivity contribution in [2.45, 2.75) is 0 Å².